The van der Waals surface area contributed by atoms with Gasteiger partial charge in [0.1, 0.15) is 4.90 Å². The van der Waals surface area contributed by atoms with Crippen molar-refractivity contribution in [3.05, 3.63) is 35.7 Å². The number of para-hydroxylation sites is 1. The van der Waals surface area contributed by atoms with Crippen LogP contribution in [0.1, 0.15) is 16.2 Å². The van der Waals surface area contributed by atoms with Gasteiger partial charge in [-0.1, -0.05) is 12.1 Å². The summed E-state index contributed by atoms with van der Waals surface area (Å²) in [5.74, 6) is -1.40. The highest BCUT2D eigenvalue weighted by atomic mass is 32.2. The molecule has 1 heterocycles. The van der Waals surface area contributed by atoms with Crippen molar-refractivity contribution in [3.8, 4) is 0 Å². The minimum absolute atomic E-state index is 0.168. The molecule has 0 aliphatic rings. The summed E-state index contributed by atoms with van der Waals surface area (Å²) in [5.41, 5.74) is 0.0325. The molecule has 21 heavy (non-hydrogen) atoms. The number of benzene rings is 1. The maximum atomic E-state index is 12.4. The lowest BCUT2D eigenvalue weighted by molar-refractivity contribution is 0.0686. The zero-order chi connectivity index (χ0) is 15.6. The third-order valence-corrected chi connectivity index (χ3v) is 5.04. The first-order chi connectivity index (χ1) is 9.86. The van der Waals surface area contributed by atoms with Crippen LogP contribution in [-0.2, 0) is 10.0 Å². The molecule has 3 N–H and O–H groups in total. The van der Waals surface area contributed by atoms with Crippen LogP contribution < -0.4 is 4.72 Å². The number of aromatic carboxylic acids is 1. The molecule has 0 fully saturated rings. The Kier molecular flexibility index (Phi) is 4.24. The zero-order valence-electron chi connectivity index (χ0n) is 11.2. The van der Waals surface area contributed by atoms with Gasteiger partial charge in [0.05, 0.1) is 11.4 Å². The van der Waals surface area contributed by atoms with Gasteiger partial charge in [-0.05, 0) is 25.3 Å². The summed E-state index contributed by atoms with van der Waals surface area (Å²) in [6.45, 7) is 1.45. The van der Waals surface area contributed by atoms with Crippen LogP contribution >= 0.6 is 11.8 Å². The molecule has 0 aliphatic carbocycles. The molecule has 0 saturated heterocycles. The Balaban J connectivity index is 2.49. The topological polar surface area (TPSA) is 112 Å². The van der Waals surface area contributed by atoms with Gasteiger partial charge >= 0.3 is 5.97 Å². The predicted molar refractivity (Wildman–Crippen MR) is 79.3 cm³/mol. The van der Waals surface area contributed by atoms with Crippen molar-refractivity contribution in [1.29, 1.82) is 0 Å². The molecule has 9 heteroatoms. The van der Waals surface area contributed by atoms with Crippen LogP contribution in [0.2, 0.25) is 0 Å². The van der Waals surface area contributed by atoms with Crippen molar-refractivity contribution in [2.24, 2.45) is 0 Å². The van der Waals surface area contributed by atoms with Crippen molar-refractivity contribution in [2.45, 2.75) is 16.7 Å². The standard InChI is InChI=1S/C12H13N3O4S2/c1-7-11(10(12(16)17)14-13-7)21(18,19)15-8-5-3-4-6-9(8)20-2/h3-6,15H,1-2H3,(H,13,14)(H,16,17). The van der Waals surface area contributed by atoms with E-state index in [-0.39, 0.29) is 10.6 Å². The van der Waals surface area contributed by atoms with Crippen LogP contribution in [0.15, 0.2) is 34.1 Å². The number of carboxylic acids is 1. The van der Waals surface area contributed by atoms with E-state index in [1.165, 1.54) is 18.7 Å². The van der Waals surface area contributed by atoms with Gasteiger partial charge in [-0.2, -0.15) is 5.10 Å². The van der Waals surface area contributed by atoms with Crippen LogP contribution in [-0.4, -0.2) is 35.9 Å². The number of carbonyl (C=O) groups is 1. The van der Waals surface area contributed by atoms with Gasteiger partial charge in [0, 0.05) is 4.90 Å². The van der Waals surface area contributed by atoms with Crippen LogP contribution in [0.3, 0.4) is 0 Å². The number of aromatic amines is 1. The average molecular weight is 327 g/mol. The Morgan fingerprint density at radius 3 is 2.67 bits per heavy atom. The quantitative estimate of drug-likeness (QED) is 0.724. The van der Waals surface area contributed by atoms with E-state index >= 15 is 0 Å². The molecule has 0 spiro atoms. The summed E-state index contributed by atoms with van der Waals surface area (Å²) in [7, 11) is -4.05. The van der Waals surface area contributed by atoms with Gasteiger partial charge in [0.15, 0.2) is 5.69 Å². The van der Waals surface area contributed by atoms with Crippen molar-refractivity contribution >= 4 is 33.4 Å². The van der Waals surface area contributed by atoms with Gasteiger partial charge in [-0.3, -0.25) is 9.82 Å². The minimum atomic E-state index is -4.05. The number of hydrogen-bond donors (Lipinski definition) is 3. The molecule has 1 aromatic carbocycles. The highest BCUT2D eigenvalue weighted by Crippen LogP contribution is 2.28. The zero-order valence-corrected chi connectivity index (χ0v) is 12.9. The number of sulfonamides is 1. The summed E-state index contributed by atoms with van der Waals surface area (Å²) in [6.07, 6.45) is 1.82. The second-order valence-electron chi connectivity index (χ2n) is 4.14. The Labute approximate surface area is 125 Å². The summed E-state index contributed by atoms with van der Waals surface area (Å²) >= 11 is 1.38. The highest BCUT2D eigenvalue weighted by Gasteiger charge is 2.28. The molecule has 0 unspecified atom stereocenters. The first-order valence-corrected chi connectivity index (χ1v) is 8.51. The average Bonchev–Trinajstić information content (AvgIpc) is 2.82. The predicted octanol–water partition coefficient (Wildman–Crippen LogP) is 1.94. The maximum absolute atomic E-state index is 12.4. The lowest BCUT2D eigenvalue weighted by Gasteiger charge is -2.11. The van der Waals surface area contributed by atoms with Gasteiger partial charge in [0.2, 0.25) is 0 Å². The molecule has 2 rings (SSSR count). The van der Waals surface area contributed by atoms with E-state index in [1.807, 2.05) is 6.26 Å². The molecule has 0 aliphatic heterocycles. The number of nitrogens with one attached hydrogen (secondary N) is 2. The van der Waals surface area contributed by atoms with E-state index in [9.17, 15) is 13.2 Å². The minimum Gasteiger partial charge on any atom is -0.476 e. The van der Waals surface area contributed by atoms with Gasteiger partial charge in [-0.15, -0.1) is 11.8 Å². The molecular weight excluding hydrogens is 314 g/mol. The number of carboxylic acid groups (broad SMARTS) is 1. The number of H-pyrrole nitrogens is 1. The second-order valence-corrected chi connectivity index (χ2v) is 6.60. The fourth-order valence-corrected chi connectivity index (χ4v) is 3.84. The summed E-state index contributed by atoms with van der Waals surface area (Å²) in [6, 6.07) is 6.86. The molecule has 0 saturated carbocycles. The highest BCUT2D eigenvalue weighted by molar-refractivity contribution is 7.99. The van der Waals surface area contributed by atoms with Crippen LogP contribution in [0, 0.1) is 6.92 Å². The SMILES string of the molecule is CSc1ccccc1NS(=O)(=O)c1c(C(=O)O)n[nH]c1C. The van der Waals surface area contributed by atoms with E-state index in [4.69, 9.17) is 5.11 Å². The van der Waals surface area contributed by atoms with E-state index < -0.39 is 21.7 Å². The van der Waals surface area contributed by atoms with Crippen LogP contribution in [0.25, 0.3) is 0 Å². The Morgan fingerprint density at radius 1 is 1.38 bits per heavy atom. The molecule has 0 bridgehead atoms. The molecule has 7 nitrogen and oxygen atoms in total. The van der Waals surface area contributed by atoms with Crippen molar-refractivity contribution in [2.75, 3.05) is 11.0 Å². The van der Waals surface area contributed by atoms with Gasteiger partial charge in [-0.25, -0.2) is 13.2 Å². The number of anilines is 1. The first kappa shape index (κ1) is 15.4. The van der Waals surface area contributed by atoms with Crippen LogP contribution in [0.4, 0.5) is 5.69 Å². The summed E-state index contributed by atoms with van der Waals surface area (Å²) in [4.78, 5) is 11.5. The van der Waals surface area contributed by atoms with E-state index in [2.05, 4.69) is 14.9 Å². The normalized spacial score (nSPS) is 11.3. The maximum Gasteiger partial charge on any atom is 0.357 e. The van der Waals surface area contributed by atoms with E-state index in [0.29, 0.717) is 5.69 Å². The summed E-state index contributed by atoms with van der Waals surface area (Å²) < 4.78 is 27.3. The lowest BCUT2D eigenvalue weighted by atomic mass is 10.3. The molecular formula is C12H13N3O4S2. The Hall–Kier alpha value is -2.00. The largest absolute Gasteiger partial charge is 0.476 e. The second kappa shape index (κ2) is 5.78. The monoisotopic (exact) mass is 327 g/mol. The Morgan fingerprint density at radius 2 is 2.05 bits per heavy atom. The number of aromatic nitrogens is 2. The number of hydrogen-bond acceptors (Lipinski definition) is 5. The Bertz CT molecular complexity index is 784. The van der Waals surface area contributed by atoms with Gasteiger partial charge < -0.3 is 5.11 Å². The molecule has 1 aromatic heterocycles. The molecule has 2 aromatic rings. The van der Waals surface area contributed by atoms with Crippen molar-refractivity contribution in [3.63, 3.8) is 0 Å². The van der Waals surface area contributed by atoms with Crippen molar-refractivity contribution < 1.29 is 18.3 Å². The van der Waals surface area contributed by atoms with Crippen LogP contribution in [0.5, 0.6) is 0 Å². The third-order valence-electron chi connectivity index (χ3n) is 2.71. The third kappa shape index (κ3) is 3.03. The van der Waals surface area contributed by atoms with E-state index in [0.717, 1.165) is 4.90 Å². The summed E-state index contributed by atoms with van der Waals surface area (Å²) in [5, 5.41) is 14.9. The van der Waals surface area contributed by atoms with E-state index in [1.54, 1.807) is 24.3 Å². The lowest BCUT2D eigenvalue weighted by Crippen LogP contribution is -2.17. The number of rotatable bonds is 5. The fourth-order valence-electron chi connectivity index (χ4n) is 1.82. The molecule has 0 amide bonds. The number of nitrogens with zero attached hydrogens (tertiary/aromatic N) is 1. The first-order valence-electron chi connectivity index (χ1n) is 5.81. The van der Waals surface area contributed by atoms with Gasteiger partial charge in [0.25, 0.3) is 10.0 Å². The number of thioether (sulfide) groups is 1. The molecule has 112 valence electrons. The molecule has 0 radical (unpaired) electrons. The molecule has 0 atom stereocenters. The number of aryl methyl sites for hydroxylation is 1. The van der Waals surface area contributed by atoms with Crippen molar-refractivity contribution in [1.82, 2.24) is 10.2 Å². The fraction of sp³-hybridized carbons (Fsp3) is 0.167. The smallest absolute Gasteiger partial charge is 0.357 e.